The summed E-state index contributed by atoms with van der Waals surface area (Å²) in [7, 11) is 1.90. The molecular formula is C14H27N3O. The van der Waals surface area contributed by atoms with Gasteiger partial charge in [-0.1, -0.05) is 6.92 Å². The molecule has 2 saturated heterocycles. The second-order valence-corrected chi connectivity index (χ2v) is 5.83. The quantitative estimate of drug-likeness (QED) is 0.809. The van der Waals surface area contributed by atoms with Gasteiger partial charge >= 0.3 is 0 Å². The molecule has 0 radical (unpaired) electrons. The Morgan fingerprint density at radius 2 is 1.94 bits per heavy atom. The summed E-state index contributed by atoms with van der Waals surface area (Å²) in [6.07, 6.45) is 3.49. The minimum Gasteiger partial charge on any atom is -0.344 e. The normalized spacial score (nSPS) is 28.9. The number of nitrogens with one attached hydrogen (secondary N) is 1. The van der Waals surface area contributed by atoms with Crippen molar-refractivity contribution in [3.63, 3.8) is 0 Å². The van der Waals surface area contributed by atoms with Crippen LogP contribution in [0.15, 0.2) is 0 Å². The fraction of sp³-hybridized carbons (Fsp3) is 0.929. The van der Waals surface area contributed by atoms with Gasteiger partial charge < -0.3 is 15.1 Å². The minimum atomic E-state index is 0.0641. The molecule has 2 heterocycles. The number of rotatable bonds is 4. The Morgan fingerprint density at radius 3 is 2.44 bits per heavy atom. The zero-order valence-electron chi connectivity index (χ0n) is 12.0. The highest BCUT2D eigenvalue weighted by atomic mass is 16.2. The highest BCUT2D eigenvalue weighted by molar-refractivity contribution is 5.83. The van der Waals surface area contributed by atoms with E-state index in [2.05, 4.69) is 24.1 Å². The van der Waals surface area contributed by atoms with Crippen molar-refractivity contribution in [2.45, 2.75) is 45.2 Å². The smallest absolute Gasteiger partial charge is 0.239 e. The van der Waals surface area contributed by atoms with Crippen LogP contribution in [0.25, 0.3) is 0 Å². The zero-order chi connectivity index (χ0) is 13.1. The maximum absolute atomic E-state index is 11.9. The second kappa shape index (κ2) is 6.02. The van der Waals surface area contributed by atoms with Crippen molar-refractivity contribution in [2.75, 3.05) is 33.2 Å². The molecule has 1 amide bonds. The molecule has 2 aliphatic rings. The summed E-state index contributed by atoms with van der Waals surface area (Å²) in [5, 5.41) is 3.55. The molecule has 1 N–H and O–H groups in total. The van der Waals surface area contributed by atoms with E-state index >= 15 is 0 Å². The number of carbonyl (C=O) groups is 1. The summed E-state index contributed by atoms with van der Waals surface area (Å²) in [6.45, 7) is 8.97. The van der Waals surface area contributed by atoms with Crippen molar-refractivity contribution in [1.29, 1.82) is 0 Å². The Hall–Kier alpha value is -0.610. The first kappa shape index (κ1) is 13.8. The van der Waals surface area contributed by atoms with Crippen LogP contribution in [0.4, 0.5) is 0 Å². The van der Waals surface area contributed by atoms with Gasteiger partial charge in [0.2, 0.25) is 5.91 Å². The minimum absolute atomic E-state index is 0.0641. The molecule has 0 saturated carbocycles. The van der Waals surface area contributed by atoms with Crippen molar-refractivity contribution in [3.8, 4) is 0 Å². The van der Waals surface area contributed by atoms with Gasteiger partial charge in [-0.3, -0.25) is 4.79 Å². The Bertz CT molecular complexity index is 287. The number of hydrogen-bond acceptors (Lipinski definition) is 3. The van der Waals surface area contributed by atoms with Crippen molar-refractivity contribution in [3.05, 3.63) is 0 Å². The van der Waals surface area contributed by atoms with Crippen LogP contribution in [0.3, 0.4) is 0 Å². The van der Waals surface area contributed by atoms with E-state index in [4.69, 9.17) is 0 Å². The fourth-order valence-electron chi connectivity index (χ4n) is 3.20. The van der Waals surface area contributed by atoms with Gasteiger partial charge in [0.05, 0.1) is 6.04 Å². The Morgan fingerprint density at radius 1 is 1.28 bits per heavy atom. The highest BCUT2D eigenvalue weighted by Gasteiger charge is 2.32. The lowest BCUT2D eigenvalue weighted by molar-refractivity contribution is -0.128. The first-order valence-electron chi connectivity index (χ1n) is 7.35. The van der Waals surface area contributed by atoms with Gasteiger partial charge in [-0.2, -0.15) is 0 Å². The lowest BCUT2D eigenvalue weighted by Gasteiger charge is -2.35. The third-order valence-corrected chi connectivity index (χ3v) is 4.68. The molecule has 0 bridgehead atoms. The molecule has 4 nitrogen and oxygen atoms in total. The van der Waals surface area contributed by atoms with Gasteiger partial charge in [0.15, 0.2) is 0 Å². The van der Waals surface area contributed by atoms with E-state index in [0.717, 1.165) is 18.9 Å². The number of hydrogen-bond donors (Lipinski definition) is 1. The summed E-state index contributed by atoms with van der Waals surface area (Å²) < 4.78 is 0. The number of likely N-dealkylation sites (N-methyl/N-ethyl adjacent to an activating group) is 1. The largest absolute Gasteiger partial charge is 0.344 e. The van der Waals surface area contributed by atoms with Crippen LogP contribution < -0.4 is 5.32 Å². The van der Waals surface area contributed by atoms with E-state index < -0.39 is 0 Å². The van der Waals surface area contributed by atoms with Gasteiger partial charge in [-0.05, 0) is 51.7 Å². The van der Waals surface area contributed by atoms with Gasteiger partial charge in [0.25, 0.3) is 0 Å². The van der Waals surface area contributed by atoms with Crippen LogP contribution in [-0.2, 0) is 4.79 Å². The van der Waals surface area contributed by atoms with Gasteiger partial charge in [-0.25, -0.2) is 0 Å². The van der Waals surface area contributed by atoms with Crippen LogP contribution in [0.1, 0.15) is 33.1 Å². The van der Waals surface area contributed by atoms with Crippen LogP contribution >= 0.6 is 0 Å². The molecule has 0 spiro atoms. The van der Waals surface area contributed by atoms with Crippen LogP contribution in [0.5, 0.6) is 0 Å². The molecule has 18 heavy (non-hydrogen) atoms. The van der Waals surface area contributed by atoms with Gasteiger partial charge in [0, 0.05) is 19.6 Å². The lowest BCUT2D eigenvalue weighted by atomic mass is 9.90. The van der Waals surface area contributed by atoms with Crippen LogP contribution in [0.2, 0.25) is 0 Å². The van der Waals surface area contributed by atoms with E-state index in [1.165, 1.54) is 32.5 Å². The van der Waals surface area contributed by atoms with Crippen LogP contribution in [-0.4, -0.2) is 61.0 Å². The van der Waals surface area contributed by atoms with E-state index in [1.807, 2.05) is 11.9 Å². The monoisotopic (exact) mass is 253 g/mol. The summed E-state index contributed by atoms with van der Waals surface area (Å²) >= 11 is 0. The number of carbonyl (C=O) groups excluding carboxylic acids is 1. The summed E-state index contributed by atoms with van der Waals surface area (Å²) in [4.78, 5) is 16.2. The summed E-state index contributed by atoms with van der Waals surface area (Å²) in [6, 6.07) is 0.527. The maximum Gasteiger partial charge on any atom is 0.239 e. The first-order valence-corrected chi connectivity index (χ1v) is 7.35. The van der Waals surface area contributed by atoms with E-state index in [0.29, 0.717) is 6.04 Å². The topological polar surface area (TPSA) is 35.6 Å². The van der Waals surface area contributed by atoms with Crippen molar-refractivity contribution < 1.29 is 4.79 Å². The molecule has 2 rings (SSSR count). The standard InChI is InChI=1S/C14H27N3O/c1-4-17-9-5-12(6-10-17)11(2)15-13-7-8-16(3)14(13)18/h11-13,15H,4-10H2,1-3H3. The van der Waals surface area contributed by atoms with Crippen LogP contribution in [0, 0.1) is 5.92 Å². The lowest BCUT2D eigenvalue weighted by Crippen LogP contribution is -2.47. The van der Waals surface area contributed by atoms with Crippen molar-refractivity contribution >= 4 is 5.91 Å². The SMILES string of the molecule is CCN1CCC(C(C)NC2CCN(C)C2=O)CC1. The Kier molecular flexibility index (Phi) is 4.62. The van der Waals surface area contributed by atoms with Crippen molar-refractivity contribution in [1.82, 2.24) is 15.1 Å². The third-order valence-electron chi connectivity index (χ3n) is 4.68. The molecule has 2 unspecified atom stereocenters. The molecule has 0 aliphatic carbocycles. The molecule has 0 aromatic carbocycles. The van der Waals surface area contributed by atoms with E-state index in [1.54, 1.807) is 0 Å². The van der Waals surface area contributed by atoms with Crippen molar-refractivity contribution in [2.24, 2.45) is 5.92 Å². The highest BCUT2D eigenvalue weighted by Crippen LogP contribution is 2.21. The number of nitrogens with zero attached hydrogens (tertiary/aromatic N) is 2. The molecule has 4 heteroatoms. The number of amides is 1. The Labute approximate surface area is 111 Å². The first-order chi connectivity index (χ1) is 8.61. The average molecular weight is 253 g/mol. The third kappa shape index (κ3) is 3.04. The molecule has 0 aromatic rings. The summed E-state index contributed by atoms with van der Waals surface area (Å²) in [5.41, 5.74) is 0. The Balaban J connectivity index is 1.78. The number of likely N-dealkylation sites (tertiary alicyclic amines) is 2. The molecule has 2 atom stereocenters. The molecule has 104 valence electrons. The summed E-state index contributed by atoms with van der Waals surface area (Å²) in [5.74, 6) is 0.999. The van der Waals surface area contributed by atoms with Gasteiger partial charge in [-0.15, -0.1) is 0 Å². The second-order valence-electron chi connectivity index (χ2n) is 5.83. The number of piperidine rings is 1. The molecular weight excluding hydrogens is 226 g/mol. The van der Waals surface area contributed by atoms with E-state index in [-0.39, 0.29) is 11.9 Å². The molecule has 2 fully saturated rings. The molecule has 2 aliphatic heterocycles. The van der Waals surface area contributed by atoms with Gasteiger partial charge in [0.1, 0.15) is 0 Å². The predicted molar refractivity (Wildman–Crippen MR) is 73.5 cm³/mol. The zero-order valence-corrected chi connectivity index (χ0v) is 12.0. The predicted octanol–water partition coefficient (Wildman–Crippen LogP) is 0.927. The van der Waals surface area contributed by atoms with E-state index in [9.17, 15) is 4.79 Å². The maximum atomic E-state index is 11.9. The fourth-order valence-corrected chi connectivity index (χ4v) is 3.20. The average Bonchev–Trinajstić information content (AvgIpc) is 2.71. The molecule has 0 aromatic heterocycles.